The SMILES string of the molecule is Cc1cc(=O)[nH]c(-c2cccc(NC(=O)c3cn(CCCC#N)nn3)c2)n1. The van der Waals surface area contributed by atoms with E-state index in [1.807, 2.05) is 0 Å². The summed E-state index contributed by atoms with van der Waals surface area (Å²) in [6.45, 7) is 2.26. The van der Waals surface area contributed by atoms with E-state index in [0.717, 1.165) is 0 Å². The number of anilines is 1. The number of H-pyrrole nitrogens is 1. The lowest BCUT2D eigenvalue weighted by Crippen LogP contribution is -2.13. The number of aryl methyl sites for hydroxylation is 2. The third-order valence-corrected chi connectivity index (χ3v) is 3.71. The first-order valence-corrected chi connectivity index (χ1v) is 8.32. The Kier molecular flexibility index (Phi) is 5.37. The number of hydrogen-bond donors (Lipinski definition) is 2. The van der Waals surface area contributed by atoms with Gasteiger partial charge in [0.25, 0.3) is 11.5 Å². The number of amides is 1. The van der Waals surface area contributed by atoms with Gasteiger partial charge in [-0.2, -0.15) is 5.26 Å². The lowest BCUT2D eigenvalue weighted by Gasteiger charge is -2.06. The monoisotopic (exact) mass is 363 g/mol. The highest BCUT2D eigenvalue weighted by molar-refractivity contribution is 6.02. The maximum Gasteiger partial charge on any atom is 0.277 e. The summed E-state index contributed by atoms with van der Waals surface area (Å²) in [7, 11) is 0. The van der Waals surface area contributed by atoms with Crippen molar-refractivity contribution in [2.75, 3.05) is 5.32 Å². The number of nitrogens with zero attached hydrogens (tertiary/aromatic N) is 5. The van der Waals surface area contributed by atoms with Crippen LogP contribution >= 0.6 is 0 Å². The van der Waals surface area contributed by atoms with Crippen LogP contribution in [-0.4, -0.2) is 30.9 Å². The third-order valence-electron chi connectivity index (χ3n) is 3.71. The van der Waals surface area contributed by atoms with Crippen LogP contribution in [0.25, 0.3) is 11.4 Å². The number of aromatic amines is 1. The van der Waals surface area contributed by atoms with Crippen LogP contribution in [0.1, 0.15) is 29.0 Å². The van der Waals surface area contributed by atoms with E-state index in [4.69, 9.17) is 5.26 Å². The van der Waals surface area contributed by atoms with Gasteiger partial charge in [0, 0.05) is 36.0 Å². The van der Waals surface area contributed by atoms with Crippen molar-refractivity contribution in [3.8, 4) is 17.5 Å². The third kappa shape index (κ3) is 4.64. The summed E-state index contributed by atoms with van der Waals surface area (Å²) in [6, 6.07) is 10.5. The van der Waals surface area contributed by atoms with Crippen LogP contribution in [0, 0.1) is 18.3 Å². The van der Waals surface area contributed by atoms with E-state index in [9.17, 15) is 9.59 Å². The number of rotatable bonds is 6. The van der Waals surface area contributed by atoms with Gasteiger partial charge >= 0.3 is 0 Å². The maximum atomic E-state index is 12.4. The van der Waals surface area contributed by atoms with E-state index < -0.39 is 5.91 Å². The fourth-order valence-electron chi connectivity index (χ4n) is 2.49. The van der Waals surface area contributed by atoms with Gasteiger partial charge in [0.1, 0.15) is 5.82 Å². The molecule has 2 N–H and O–H groups in total. The predicted molar refractivity (Wildman–Crippen MR) is 97.9 cm³/mol. The topological polar surface area (TPSA) is 129 Å². The molecule has 0 unspecified atom stereocenters. The molecule has 3 aromatic rings. The number of nitriles is 1. The zero-order chi connectivity index (χ0) is 19.2. The Hall–Kier alpha value is -3.80. The first-order valence-electron chi connectivity index (χ1n) is 8.32. The number of aromatic nitrogens is 5. The second-order valence-electron chi connectivity index (χ2n) is 5.90. The highest BCUT2D eigenvalue weighted by atomic mass is 16.2. The van der Waals surface area contributed by atoms with Gasteiger partial charge < -0.3 is 10.3 Å². The largest absolute Gasteiger partial charge is 0.321 e. The van der Waals surface area contributed by atoms with E-state index >= 15 is 0 Å². The summed E-state index contributed by atoms with van der Waals surface area (Å²) in [6.07, 6.45) is 2.60. The summed E-state index contributed by atoms with van der Waals surface area (Å²) < 4.78 is 1.53. The van der Waals surface area contributed by atoms with Crippen molar-refractivity contribution in [1.82, 2.24) is 25.0 Å². The van der Waals surface area contributed by atoms with Gasteiger partial charge in [0.05, 0.1) is 12.3 Å². The molecule has 3 rings (SSSR count). The Morgan fingerprint density at radius 2 is 2.22 bits per heavy atom. The molecule has 1 aromatic carbocycles. The second kappa shape index (κ2) is 8.05. The first kappa shape index (κ1) is 18.0. The minimum absolute atomic E-state index is 0.180. The molecule has 0 aliphatic carbocycles. The van der Waals surface area contributed by atoms with E-state index in [0.29, 0.717) is 42.2 Å². The molecule has 0 radical (unpaired) electrons. The van der Waals surface area contributed by atoms with Crippen molar-refractivity contribution < 1.29 is 4.79 Å². The maximum absolute atomic E-state index is 12.4. The fourth-order valence-corrected chi connectivity index (χ4v) is 2.49. The molecule has 0 aliphatic heterocycles. The molecule has 0 atom stereocenters. The van der Waals surface area contributed by atoms with E-state index in [1.165, 1.54) is 16.9 Å². The predicted octanol–water partition coefficient (Wildman–Crippen LogP) is 1.89. The molecule has 0 bridgehead atoms. The summed E-state index contributed by atoms with van der Waals surface area (Å²) >= 11 is 0. The molecule has 1 amide bonds. The fraction of sp³-hybridized carbons (Fsp3) is 0.222. The molecule has 0 fully saturated rings. The van der Waals surface area contributed by atoms with Crippen LogP contribution in [0.15, 0.2) is 41.3 Å². The average Bonchev–Trinajstić information content (AvgIpc) is 3.10. The van der Waals surface area contributed by atoms with Gasteiger partial charge in [-0.25, -0.2) is 4.98 Å². The average molecular weight is 363 g/mol. The van der Waals surface area contributed by atoms with Gasteiger partial charge in [-0.15, -0.1) is 5.10 Å². The Labute approximate surface area is 154 Å². The van der Waals surface area contributed by atoms with Gasteiger partial charge in [-0.1, -0.05) is 17.3 Å². The van der Waals surface area contributed by atoms with Gasteiger partial charge in [0.2, 0.25) is 0 Å². The minimum atomic E-state index is -0.399. The van der Waals surface area contributed by atoms with Gasteiger partial charge in [0.15, 0.2) is 5.69 Å². The van der Waals surface area contributed by atoms with Crippen LogP contribution in [0.4, 0.5) is 5.69 Å². The zero-order valence-electron chi connectivity index (χ0n) is 14.6. The van der Waals surface area contributed by atoms with Crippen molar-refractivity contribution in [2.24, 2.45) is 0 Å². The second-order valence-corrected chi connectivity index (χ2v) is 5.90. The van der Waals surface area contributed by atoms with Crippen molar-refractivity contribution in [2.45, 2.75) is 26.3 Å². The molecule has 0 saturated heterocycles. The van der Waals surface area contributed by atoms with Gasteiger partial charge in [-0.05, 0) is 25.5 Å². The standard InChI is InChI=1S/C18H17N7O2/c1-12-9-16(26)22-17(20-12)13-5-4-6-14(10-13)21-18(27)15-11-25(24-23-15)8-3-2-7-19/h4-6,9-11H,2-3,8H2,1H3,(H,21,27)(H,20,22,26). The molecule has 2 heterocycles. The normalized spacial score (nSPS) is 10.4. The zero-order valence-corrected chi connectivity index (χ0v) is 14.6. The molecule has 136 valence electrons. The van der Waals surface area contributed by atoms with E-state index in [2.05, 4.69) is 31.7 Å². The molecule has 0 aliphatic rings. The summed E-state index contributed by atoms with van der Waals surface area (Å²) in [5.41, 5.74) is 1.77. The van der Waals surface area contributed by atoms with E-state index in [1.54, 1.807) is 31.2 Å². The molecule has 0 saturated carbocycles. The molecule has 2 aromatic heterocycles. The lowest BCUT2D eigenvalue weighted by molar-refractivity contribution is 0.102. The molecule has 9 heteroatoms. The molecule has 27 heavy (non-hydrogen) atoms. The highest BCUT2D eigenvalue weighted by Gasteiger charge is 2.12. The van der Waals surface area contributed by atoms with Crippen molar-refractivity contribution in [3.63, 3.8) is 0 Å². The number of carbonyl (C=O) groups is 1. The number of unbranched alkanes of at least 4 members (excludes halogenated alkanes) is 1. The molecular weight excluding hydrogens is 346 g/mol. The van der Waals surface area contributed by atoms with Gasteiger partial charge in [-0.3, -0.25) is 14.3 Å². The molecule has 0 spiro atoms. The number of carbonyl (C=O) groups excluding carboxylic acids is 1. The summed E-state index contributed by atoms with van der Waals surface area (Å²) in [5, 5.41) is 19.0. The Bertz CT molecular complexity index is 1060. The van der Waals surface area contributed by atoms with Crippen LogP contribution < -0.4 is 10.9 Å². The van der Waals surface area contributed by atoms with Crippen molar-refractivity contribution in [3.05, 3.63) is 58.3 Å². The van der Waals surface area contributed by atoms with Crippen molar-refractivity contribution in [1.29, 1.82) is 5.26 Å². The first-order chi connectivity index (χ1) is 13.0. The molecular formula is C18H17N7O2. The quantitative estimate of drug-likeness (QED) is 0.643. The minimum Gasteiger partial charge on any atom is -0.321 e. The highest BCUT2D eigenvalue weighted by Crippen LogP contribution is 2.19. The Balaban J connectivity index is 1.73. The molecule has 9 nitrogen and oxygen atoms in total. The van der Waals surface area contributed by atoms with E-state index in [-0.39, 0.29) is 11.3 Å². The Morgan fingerprint density at radius 3 is 3.00 bits per heavy atom. The van der Waals surface area contributed by atoms with Crippen LogP contribution in [0.3, 0.4) is 0 Å². The van der Waals surface area contributed by atoms with Crippen LogP contribution in [0.2, 0.25) is 0 Å². The number of nitrogens with one attached hydrogen (secondary N) is 2. The smallest absolute Gasteiger partial charge is 0.277 e. The summed E-state index contributed by atoms with van der Waals surface area (Å²) in [4.78, 5) is 31.0. The number of benzene rings is 1. The summed E-state index contributed by atoms with van der Waals surface area (Å²) in [5.74, 6) is 0.0314. The Morgan fingerprint density at radius 1 is 1.37 bits per heavy atom. The van der Waals surface area contributed by atoms with Crippen LogP contribution in [-0.2, 0) is 6.54 Å². The van der Waals surface area contributed by atoms with Crippen LogP contribution in [0.5, 0.6) is 0 Å². The van der Waals surface area contributed by atoms with Crippen molar-refractivity contribution >= 4 is 11.6 Å². The lowest BCUT2D eigenvalue weighted by atomic mass is 10.2. The number of hydrogen-bond acceptors (Lipinski definition) is 6.